The molecule has 4 aromatic rings. The van der Waals surface area contributed by atoms with Gasteiger partial charge in [-0.1, -0.05) is 6.07 Å². The fraction of sp³-hybridized carbons (Fsp3) is 0.417. The first-order valence-electron chi connectivity index (χ1n) is 11.7. The van der Waals surface area contributed by atoms with Gasteiger partial charge in [-0.05, 0) is 30.3 Å². The summed E-state index contributed by atoms with van der Waals surface area (Å²) in [5.74, 6) is 2.30. The predicted molar refractivity (Wildman–Crippen MR) is 129 cm³/mol. The van der Waals surface area contributed by atoms with E-state index in [1.54, 1.807) is 0 Å². The third-order valence-electron chi connectivity index (χ3n) is 6.80. The minimum atomic E-state index is 0.963. The van der Waals surface area contributed by atoms with Crippen molar-refractivity contribution in [2.24, 2.45) is 0 Å². The summed E-state index contributed by atoms with van der Waals surface area (Å²) in [5.41, 5.74) is 2.10. The van der Waals surface area contributed by atoms with Crippen molar-refractivity contribution in [1.29, 1.82) is 0 Å². The fourth-order valence-corrected chi connectivity index (χ4v) is 4.95. The number of imidazole rings is 1. The summed E-state index contributed by atoms with van der Waals surface area (Å²) in [5, 5.41) is 4.65. The number of anilines is 2. The summed E-state index contributed by atoms with van der Waals surface area (Å²) in [6, 6.07) is 12.9. The molecule has 0 aromatic carbocycles. The Balaban J connectivity index is 1.15. The molecule has 0 spiro atoms. The molecule has 2 aliphatic heterocycles. The molecule has 8 heteroatoms. The lowest BCUT2D eigenvalue weighted by atomic mass is 10.2. The Bertz CT molecular complexity index is 1200. The topological polar surface area (TPSA) is 56.9 Å². The summed E-state index contributed by atoms with van der Waals surface area (Å²) in [6.45, 7) is 10.4. The van der Waals surface area contributed by atoms with Crippen molar-refractivity contribution in [2.45, 2.75) is 6.54 Å². The van der Waals surface area contributed by atoms with Gasteiger partial charge in [-0.2, -0.15) is 0 Å². The minimum Gasteiger partial charge on any atom is -0.354 e. The molecule has 6 heterocycles. The third-order valence-corrected chi connectivity index (χ3v) is 6.80. The van der Waals surface area contributed by atoms with Crippen LogP contribution in [0.1, 0.15) is 0 Å². The van der Waals surface area contributed by atoms with Crippen LogP contribution in [-0.4, -0.2) is 82.7 Å². The number of fused-ring (bicyclic) bond motifs is 2. The van der Waals surface area contributed by atoms with E-state index in [4.69, 9.17) is 4.98 Å². The van der Waals surface area contributed by atoms with Crippen molar-refractivity contribution in [1.82, 2.24) is 29.2 Å². The van der Waals surface area contributed by atoms with Gasteiger partial charge in [0.1, 0.15) is 22.9 Å². The molecule has 0 amide bonds. The Morgan fingerprint density at radius 1 is 0.812 bits per heavy atom. The number of nitrogens with zero attached hydrogens (tertiary/aromatic N) is 7. The Morgan fingerprint density at radius 3 is 2.53 bits per heavy atom. The van der Waals surface area contributed by atoms with Crippen molar-refractivity contribution in [3.8, 4) is 0 Å². The van der Waals surface area contributed by atoms with Crippen molar-refractivity contribution in [3.05, 3.63) is 55.0 Å². The molecule has 0 saturated carbocycles. The molecule has 1 N–H and O–H groups in total. The molecule has 2 aliphatic rings. The molecule has 0 unspecified atom stereocenters. The molecule has 8 nitrogen and oxygen atoms in total. The first-order chi connectivity index (χ1) is 15.8. The van der Waals surface area contributed by atoms with Crippen LogP contribution in [0, 0.1) is 0 Å². The van der Waals surface area contributed by atoms with Crippen LogP contribution in [0.15, 0.2) is 55.0 Å². The first-order valence-corrected chi connectivity index (χ1v) is 11.7. The fourth-order valence-electron chi connectivity index (χ4n) is 4.95. The third kappa shape index (κ3) is 3.69. The summed E-state index contributed by atoms with van der Waals surface area (Å²) in [6.07, 6.45) is 6.10. The number of pyridine rings is 2. The SMILES string of the molecule is c1cc(N2CCN(c3ccc4ccn(CCN5CCNCC5)c4n3)CC2)n2ccnc2c1. The highest BCUT2D eigenvalue weighted by atomic mass is 15.3. The number of aromatic nitrogens is 4. The molecule has 0 aliphatic carbocycles. The van der Waals surface area contributed by atoms with Gasteiger partial charge < -0.3 is 19.7 Å². The lowest BCUT2D eigenvalue weighted by molar-refractivity contribution is 0.233. The highest BCUT2D eigenvalue weighted by Crippen LogP contribution is 2.23. The monoisotopic (exact) mass is 430 g/mol. The van der Waals surface area contributed by atoms with Crippen LogP contribution in [0.2, 0.25) is 0 Å². The van der Waals surface area contributed by atoms with E-state index >= 15 is 0 Å². The van der Waals surface area contributed by atoms with Crippen LogP contribution in [-0.2, 0) is 6.54 Å². The van der Waals surface area contributed by atoms with Gasteiger partial charge in [0.15, 0.2) is 0 Å². The van der Waals surface area contributed by atoms with Gasteiger partial charge in [0.2, 0.25) is 0 Å². The van der Waals surface area contributed by atoms with E-state index in [2.05, 4.69) is 76.6 Å². The van der Waals surface area contributed by atoms with Crippen LogP contribution in [0.25, 0.3) is 16.7 Å². The molecule has 32 heavy (non-hydrogen) atoms. The van der Waals surface area contributed by atoms with E-state index in [1.807, 2.05) is 12.4 Å². The maximum Gasteiger partial charge on any atom is 0.142 e. The molecule has 4 aromatic heterocycles. The molecule has 2 saturated heterocycles. The molecule has 2 fully saturated rings. The second-order valence-corrected chi connectivity index (χ2v) is 8.70. The minimum absolute atomic E-state index is 0.963. The molecular weight excluding hydrogens is 400 g/mol. The van der Waals surface area contributed by atoms with Gasteiger partial charge in [0.05, 0.1) is 0 Å². The van der Waals surface area contributed by atoms with Crippen molar-refractivity contribution >= 4 is 28.3 Å². The standard InChI is InChI=1S/C24H30N8/c1-2-21-26-9-13-32(21)23(3-1)30-18-16-29(17-19-30)22-5-4-20-6-10-31(24(20)27-22)15-14-28-11-7-25-8-12-28/h1-6,9-10,13,25H,7-8,11-12,14-19H2. The van der Waals surface area contributed by atoms with Gasteiger partial charge in [0, 0.05) is 89.4 Å². The maximum absolute atomic E-state index is 5.09. The van der Waals surface area contributed by atoms with E-state index < -0.39 is 0 Å². The highest BCUT2D eigenvalue weighted by molar-refractivity contribution is 5.78. The summed E-state index contributed by atoms with van der Waals surface area (Å²) in [4.78, 5) is 16.9. The summed E-state index contributed by atoms with van der Waals surface area (Å²) >= 11 is 0. The lowest BCUT2D eigenvalue weighted by Crippen LogP contribution is -2.47. The summed E-state index contributed by atoms with van der Waals surface area (Å²) < 4.78 is 4.49. The second-order valence-electron chi connectivity index (χ2n) is 8.70. The Hall–Kier alpha value is -3.10. The zero-order valence-corrected chi connectivity index (χ0v) is 18.4. The Labute approximate surface area is 188 Å². The molecule has 0 bridgehead atoms. The normalized spacial score (nSPS) is 18.1. The molecule has 0 atom stereocenters. The van der Waals surface area contributed by atoms with Gasteiger partial charge in [-0.3, -0.25) is 9.30 Å². The smallest absolute Gasteiger partial charge is 0.142 e. The Kier molecular flexibility index (Phi) is 5.16. The van der Waals surface area contributed by atoms with E-state index in [0.717, 1.165) is 82.6 Å². The van der Waals surface area contributed by atoms with Crippen molar-refractivity contribution < 1.29 is 0 Å². The second kappa shape index (κ2) is 8.44. The average molecular weight is 431 g/mol. The average Bonchev–Trinajstić information content (AvgIpc) is 3.50. The van der Waals surface area contributed by atoms with Crippen LogP contribution in [0.4, 0.5) is 11.6 Å². The molecular formula is C24H30N8. The number of hydrogen-bond donors (Lipinski definition) is 1. The van der Waals surface area contributed by atoms with Crippen molar-refractivity contribution in [2.75, 3.05) is 68.7 Å². The van der Waals surface area contributed by atoms with Crippen molar-refractivity contribution in [3.63, 3.8) is 0 Å². The van der Waals surface area contributed by atoms with Gasteiger partial charge >= 0.3 is 0 Å². The number of hydrogen-bond acceptors (Lipinski definition) is 6. The van der Waals surface area contributed by atoms with Crippen LogP contribution < -0.4 is 15.1 Å². The van der Waals surface area contributed by atoms with Gasteiger partial charge in [-0.15, -0.1) is 0 Å². The van der Waals surface area contributed by atoms with E-state index in [9.17, 15) is 0 Å². The molecule has 166 valence electrons. The van der Waals surface area contributed by atoms with Gasteiger partial charge in [-0.25, -0.2) is 9.97 Å². The van der Waals surface area contributed by atoms with Crippen LogP contribution >= 0.6 is 0 Å². The zero-order chi connectivity index (χ0) is 21.3. The maximum atomic E-state index is 5.09. The Morgan fingerprint density at radius 2 is 1.66 bits per heavy atom. The lowest BCUT2D eigenvalue weighted by Gasteiger charge is -2.36. The summed E-state index contributed by atoms with van der Waals surface area (Å²) in [7, 11) is 0. The highest BCUT2D eigenvalue weighted by Gasteiger charge is 2.20. The predicted octanol–water partition coefficient (Wildman–Crippen LogP) is 1.92. The zero-order valence-electron chi connectivity index (χ0n) is 18.4. The van der Waals surface area contributed by atoms with E-state index in [1.165, 1.54) is 11.2 Å². The largest absolute Gasteiger partial charge is 0.354 e. The number of rotatable bonds is 5. The molecule has 0 radical (unpaired) electrons. The van der Waals surface area contributed by atoms with Gasteiger partial charge in [0.25, 0.3) is 0 Å². The quantitative estimate of drug-likeness (QED) is 0.522. The van der Waals surface area contributed by atoms with E-state index in [-0.39, 0.29) is 0 Å². The molecule has 6 rings (SSSR count). The number of piperazine rings is 2. The first kappa shape index (κ1) is 19.6. The van der Waals surface area contributed by atoms with Crippen LogP contribution in [0.3, 0.4) is 0 Å². The van der Waals surface area contributed by atoms with Crippen LogP contribution in [0.5, 0.6) is 0 Å². The number of nitrogens with one attached hydrogen (secondary N) is 1. The van der Waals surface area contributed by atoms with E-state index in [0.29, 0.717) is 0 Å².